The number of aryl methyl sites for hydroxylation is 1. The minimum Gasteiger partial charge on any atom is -0.388 e. The van der Waals surface area contributed by atoms with E-state index in [0.717, 1.165) is 28.8 Å². The third-order valence-corrected chi connectivity index (χ3v) is 4.28. The number of carbonyl (C=O) groups excluding carboxylic acids is 1. The summed E-state index contributed by atoms with van der Waals surface area (Å²) >= 11 is 0. The van der Waals surface area contributed by atoms with Crippen LogP contribution in [0.25, 0.3) is 0 Å². The summed E-state index contributed by atoms with van der Waals surface area (Å²) in [5.41, 5.74) is 4.20. The Morgan fingerprint density at radius 3 is 2.64 bits per heavy atom. The Morgan fingerprint density at radius 2 is 1.91 bits per heavy atom. The van der Waals surface area contributed by atoms with Gasteiger partial charge in [-0.3, -0.25) is 4.79 Å². The second kappa shape index (κ2) is 6.32. The number of aliphatic hydroxyl groups excluding tert-OH is 1. The molecule has 3 heteroatoms. The van der Waals surface area contributed by atoms with Crippen molar-refractivity contribution in [2.45, 2.75) is 32.3 Å². The lowest BCUT2D eigenvalue weighted by atomic mass is 9.94. The number of hydrogen-bond acceptors (Lipinski definition) is 2. The number of carbonyl (C=O) groups is 1. The van der Waals surface area contributed by atoms with Gasteiger partial charge in [0.15, 0.2) is 0 Å². The molecule has 3 nitrogen and oxygen atoms in total. The van der Waals surface area contributed by atoms with Crippen molar-refractivity contribution in [3.8, 4) is 0 Å². The van der Waals surface area contributed by atoms with E-state index in [1.165, 1.54) is 0 Å². The molecule has 1 aliphatic heterocycles. The van der Waals surface area contributed by atoms with Crippen molar-refractivity contribution in [1.29, 1.82) is 0 Å². The number of hydrogen-bond donors (Lipinski definition) is 1. The van der Waals surface area contributed by atoms with E-state index in [4.69, 9.17) is 0 Å². The number of amides is 1. The number of anilines is 1. The molecule has 2 aromatic carbocycles. The van der Waals surface area contributed by atoms with Gasteiger partial charge in [-0.25, -0.2) is 0 Å². The maximum absolute atomic E-state index is 11.9. The summed E-state index contributed by atoms with van der Waals surface area (Å²) in [4.78, 5) is 13.8. The van der Waals surface area contributed by atoms with Crippen LogP contribution < -0.4 is 4.90 Å². The highest BCUT2D eigenvalue weighted by atomic mass is 16.3. The zero-order valence-electron chi connectivity index (χ0n) is 12.8. The first-order valence-corrected chi connectivity index (χ1v) is 7.84. The molecular weight excluding hydrogens is 274 g/mol. The molecule has 1 N–H and O–H groups in total. The van der Waals surface area contributed by atoms with Crippen LogP contribution in [-0.2, 0) is 17.6 Å². The first kappa shape index (κ1) is 14.8. The maximum atomic E-state index is 11.9. The highest BCUT2D eigenvalue weighted by Crippen LogP contribution is 2.31. The van der Waals surface area contributed by atoms with Crippen LogP contribution >= 0.6 is 0 Å². The average Bonchev–Trinajstić information content (AvgIpc) is 2.55. The SMILES string of the molecule is CCN1C(=O)CCc2cc(C(O)Cc3ccccc3)ccc21. The molecule has 1 atom stereocenters. The Kier molecular flexibility index (Phi) is 4.25. The molecule has 1 aliphatic rings. The molecule has 114 valence electrons. The van der Waals surface area contributed by atoms with Gasteiger partial charge >= 0.3 is 0 Å². The van der Waals surface area contributed by atoms with Gasteiger partial charge in [0, 0.05) is 25.1 Å². The van der Waals surface area contributed by atoms with Crippen molar-refractivity contribution in [3.05, 3.63) is 65.2 Å². The third kappa shape index (κ3) is 2.90. The highest BCUT2D eigenvalue weighted by molar-refractivity contribution is 5.96. The van der Waals surface area contributed by atoms with Crippen molar-refractivity contribution < 1.29 is 9.90 Å². The van der Waals surface area contributed by atoms with E-state index < -0.39 is 6.10 Å². The van der Waals surface area contributed by atoms with Gasteiger partial charge in [0.2, 0.25) is 5.91 Å². The molecule has 0 aromatic heterocycles. The molecule has 1 amide bonds. The van der Waals surface area contributed by atoms with Crippen LogP contribution in [-0.4, -0.2) is 17.6 Å². The fourth-order valence-corrected chi connectivity index (χ4v) is 3.09. The summed E-state index contributed by atoms with van der Waals surface area (Å²) in [6.07, 6.45) is 1.41. The van der Waals surface area contributed by atoms with Crippen molar-refractivity contribution in [2.24, 2.45) is 0 Å². The largest absolute Gasteiger partial charge is 0.388 e. The van der Waals surface area contributed by atoms with Gasteiger partial charge in [-0.2, -0.15) is 0 Å². The van der Waals surface area contributed by atoms with Gasteiger partial charge in [0.05, 0.1) is 6.10 Å². The molecule has 0 fully saturated rings. The normalized spacial score (nSPS) is 15.5. The molecule has 0 bridgehead atoms. The molecule has 0 aliphatic carbocycles. The monoisotopic (exact) mass is 295 g/mol. The Balaban J connectivity index is 1.83. The summed E-state index contributed by atoms with van der Waals surface area (Å²) in [6, 6.07) is 16.0. The Labute approximate surface area is 131 Å². The molecule has 0 spiro atoms. The van der Waals surface area contributed by atoms with Crippen LogP contribution in [0.4, 0.5) is 5.69 Å². The second-order valence-corrected chi connectivity index (χ2v) is 5.73. The first-order valence-electron chi connectivity index (χ1n) is 7.84. The number of nitrogens with zero attached hydrogens (tertiary/aromatic N) is 1. The second-order valence-electron chi connectivity index (χ2n) is 5.73. The first-order chi connectivity index (χ1) is 10.7. The van der Waals surface area contributed by atoms with Crippen LogP contribution in [0.1, 0.15) is 36.1 Å². The van der Waals surface area contributed by atoms with Crippen LogP contribution in [0.15, 0.2) is 48.5 Å². The van der Waals surface area contributed by atoms with Crippen LogP contribution in [0.3, 0.4) is 0 Å². The summed E-state index contributed by atoms with van der Waals surface area (Å²) < 4.78 is 0. The summed E-state index contributed by atoms with van der Waals surface area (Å²) in [7, 11) is 0. The average molecular weight is 295 g/mol. The summed E-state index contributed by atoms with van der Waals surface area (Å²) in [5.74, 6) is 0.188. The lowest BCUT2D eigenvalue weighted by molar-refractivity contribution is -0.118. The summed E-state index contributed by atoms with van der Waals surface area (Å²) in [6.45, 7) is 2.68. The lowest BCUT2D eigenvalue weighted by Crippen LogP contribution is -2.34. The van der Waals surface area contributed by atoms with E-state index in [9.17, 15) is 9.90 Å². The van der Waals surface area contributed by atoms with Crippen LogP contribution in [0, 0.1) is 0 Å². The van der Waals surface area contributed by atoms with E-state index in [1.54, 1.807) is 0 Å². The minimum absolute atomic E-state index is 0.188. The van der Waals surface area contributed by atoms with Gasteiger partial charge < -0.3 is 10.0 Å². The molecule has 22 heavy (non-hydrogen) atoms. The third-order valence-electron chi connectivity index (χ3n) is 4.28. The smallest absolute Gasteiger partial charge is 0.227 e. The molecule has 0 saturated carbocycles. The van der Waals surface area contributed by atoms with E-state index in [-0.39, 0.29) is 5.91 Å². The Bertz CT molecular complexity index is 666. The predicted molar refractivity (Wildman–Crippen MR) is 87.9 cm³/mol. The predicted octanol–water partition coefficient (Wildman–Crippen LogP) is 3.26. The van der Waals surface area contributed by atoms with Crippen molar-refractivity contribution >= 4 is 11.6 Å². The number of rotatable bonds is 4. The number of benzene rings is 2. The number of aliphatic hydroxyl groups is 1. The van der Waals surface area contributed by atoms with Gasteiger partial charge in [-0.1, -0.05) is 42.5 Å². The van der Waals surface area contributed by atoms with Crippen LogP contribution in [0.2, 0.25) is 0 Å². The fraction of sp³-hybridized carbons (Fsp3) is 0.316. The van der Waals surface area contributed by atoms with E-state index in [2.05, 4.69) is 6.07 Å². The van der Waals surface area contributed by atoms with Gasteiger partial charge in [-0.15, -0.1) is 0 Å². The van der Waals surface area contributed by atoms with E-state index in [1.807, 2.05) is 54.3 Å². The molecule has 0 radical (unpaired) electrons. The highest BCUT2D eigenvalue weighted by Gasteiger charge is 2.23. The molecular formula is C19H21NO2. The molecule has 3 rings (SSSR count). The fourth-order valence-electron chi connectivity index (χ4n) is 3.09. The van der Waals surface area contributed by atoms with Crippen molar-refractivity contribution in [1.82, 2.24) is 0 Å². The minimum atomic E-state index is -0.514. The Hall–Kier alpha value is -2.13. The molecule has 1 heterocycles. The molecule has 0 saturated heterocycles. The van der Waals surface area contributed by atoms with Crippen molar-refractivity contribution in [3.63, 3.8) is 0 Å². The molecule has 1 unspecified atom stereocenters. The zero-order valence-corrected chi connectivity index (χ0v) is 12.8. The van der Waals surface area contributed by atoms with Crippen LogP contribution in [0.5, 0.6) is 0 Å². The van der Waals surface area contributed by atoms with Gasteiger partial charge in [0.1, 0.15) is 0 Å². The zero-order chi connectivity index (χ0) is 15.5. The lowest BCUT2D eigenvalue weighted by Gasteiger charge is -2.29. The van der Waals surface area contributed by atoms with E-state index >= 15 is 0 Å². The van der Waals surface area contributed by atoms with Gasteiger partial charge in [0.25, 0.3) is 0 Å². The number of fused-ring (bicyclic) bond motifs is 1. The van der Waals surface area contributed by atoms with Gasteiger partial charge in [-0.05, 0) is 36.1 Å². The maximum Gasteiger partial charge on any atom is 0.227 e. The standard InChI is InChI=1S/C19H21NO2/c1-2-20-17-10-8-16(13-15(17)9-11-19(20)22)18(21)12-14-6-4-3-5-7-14/h3-8,10,13,18,21H,2,9,11-12H2,1H3. The Morgan fingerprint density at radius 1 is 1.14 bits per heavy atom. The van der Waals surface area contributed by atoms with Crippen molar-refractivity contribution in [2.75, 3.05) is 11.4 Å². The molecule has 2 aromatic rings. The summed E-state index contributed by atoms with van der Waals surface area (Å²) in [5, 5.41) is 10.5. The van der Waals surface area contributed by atoms with E-state index in [0.29, 0.717) is 19.4 Å². The topological polar surface area (TPSA) is 40.5 Å². The quantitative estimate of drug-likeness (QED) is 0.940.